The molecule has 1 aliphatic rings. The average molecular weight is 838 g/mol. The van der Waals surface area contributed by atoms with E-state index in [0.717, 1.165) is 50.1 Å². The number of amides is 1. The van der Waals surface area contributed by atoms with Crippen molar-refractivity contribution in [1.82, 2.24) is 34.7 Å². The molecule has 0 saturated carbocycles. The van der Waals surface area contributed by atoms with Crippen LogP contribution < -0.4 is 0 Å². The predicted molar refractivity (Wildman–Crippen MR) is 245 cm³/mol. The minimum atomic E-state index is -1.21. The molecule has 0 spiro atoms. The molecular weight excluding hydrogens is 795 g/mol. The van der Waals surface area contributed by atoms with Crippen LogP contribution in [-0.4, -0.2) is 58.2 Å². The van der Waals surface area contributed by atoms with Crippen molar-refractivity contribution in [2.45, 2.75) is 30.5 Å². The van der Waals surface area contributed by atoms with Gasteiger partial charge >= 0.3 is 5.97 Å². The highest BCUT2D eigenvalue weighted by Crippen LogP contribution is 2.44. The van der Waals surface area contributed by atoms with E-state index in [9.17, 15) is 14.7 Å². The van der Waals surface area contributed by atoms with Crippen molar-refractivity contribution in [3.8, 4) is 22.5 Å². The highest BCUT2D eigenvalue weighted by atomic mass is 16.4. The van der Waals surface area contributed by atoms with E-state index >= 15 is 0 Å². The quantitative estimate of drug-likeness (QED) is 0.122. The number of hydrogen-bond acceptors (Lipinski definition) is 6. The Morgan fingerprint density at radius 2 is 1.12 bits per heavy atom. The van der Waals surface area contributed by atoms with Gasteiger partial charge in [0, 0.05) is 25.1 Å². The molecule has 10 rings (SSSR count). The lowest BCUT2D eigenvalue weighted by atomic mass is 9.77. The Hall–Kier alpha value is -8.24. The van der Waals surface area contributed by atoms with Gasteiger partial charge in [0.2, 0.25) is 5.91 Å². The summed E-state index contributed by atoms with van der Waals surface area (Å²) in [6.07, 6.45) is 2.14. The van der Waals surface area contributed by atoms with Crippen LogP contribution in [0.2, 0.25) is 0 Å². The van der Waals surface area contributed by atoms with Crippen LogP contribution in [0.15, 0.2) is 207 Å². The molecule has 10 nitrogen and oxygen atoms in total. The molecule has 3 heterocycles. The number of imidazole rings is 1. The second kappa shape index (κ2) is 17.3. The number of tetrazole rings is 1. The van der Waals surface area contributed by atoms with Crippen LogP contribution in [0.4, 0.5) is 0 Å². The molecule has 7 aromatic carbocycles. The fraction of sp³-hybridized carbons (Fsp3) is 0.111. The summed E-state index contributed by atoms with van der Waals surface area (Å²) in [4.78, 5) is 34.0. The molecule has 9 aromatic rings. The fourth-order valence-electron chi connectivity index (χ4n) is 9.39. The summed E-state index contributed by atoms with van der Waals surface area (Å²) in [5.74, 6) is -1.41. The van der Waals surface area contributed by atoms with Crippen molar-refractivity contribution in [3.05, 3.63) is 251 Å². The van der Waals surface area contributed by atoms with Crippen molar-refractivity contribution < 1.29 is 14.7 Å². The molecule has 10 heteroatoms. The third-order valence-corrected chi connectivity index (χ3v) is 12.3. The molecule has 1 amide bonds. The van der Waals surface area contributed by atoms with Gasteiger partial charge in [-0.05, 0) is 54.9 Å². The smallest absolute Gasteiger partial charge is 0.332 e. The summed E-state index contributed by atoms with van der Waals surface area (Å²) in [6, 6.07) is 65.3. The van der Waals surface area contributed by atoms with Gasteiger partial charge in [-0.15, -0.1) is 5.10 Å². The Morgan fingerprint density at radius 1 is 0.625 bits per heavy atom. The maximum absolute atomic E-state index is 14.6. The number of aromatic nitrogens is 6. The van der Waals surface area contributed by atoms with Gasteiger partial charge in [-0.25, -0.2) is 14.5 Å². The normalized spacial score (nSPS) is 13.7. The largest absolute Gasteiger partial charge is 0.479 e. The Kier molecular flexibility index (Phi) is 10.8. The number of fused-ring (bicyclic) bond motifs is 1. The van der Waals surface area contributed by atoms with E-state index in [0.29, 0.717) is 30.2 Å². The highest BCUT2D eigenvalue weighted by Gasteiger charge is 2.43. The van der Waals surface area contributed by atoms with E-state index in [-0.39, 0.29) is 12.5 Å². The molecule has 0 radical (unpaired) electrons. The van der Waals surface area contributed by atoms with E-state index in [1.807, 2.05) is 155 Å². The van der Waals surface area contributed by atoms with Crippen LogP contribution in [0.3, 0.4) is 0 Å². The summed E-state index contributed by atoms with van der Waals surface area (Å²) < 4.78 is 3.82. The predicted octanol–water partition coefficient (Wildman–Crippen LogP) is 9.43. The molecule has 1 N–H and O–H groups in total. The molecule has 312 valence electrons. The first kappa shape index (κ1) is 39.9. The molecule has 0 aliphatic carbocycles. The Bertz CT molecular complexity index is 2890. The Labute approximate surface area is 370 Å². The average Bonchev–Trinajstić information content (AvgIpc) is 4.01. The van der Waals surface area contributed by atoms with Crippen LogP contribution in [0.25, 0.3) is 22.5 Å². The van der Waals surface area contributed by atoms with Gasteiger partial charge in [0.25, 0.3) is 0 Å². The third-order valence-electron chi connectivity index (χ3n) is 12.3. The van der Waals surface area contributed by atoms with E-state index in [1.54, 1.807) is 6.33 Å². The lowest BCUT2D eigenvalue weighted by Gasteiger charge is -2.36. The van der Waals surface area contributed by atoms with Crippen LogP contribution in [0, 0.1) is 0 Å². The van der Waals surface area contributed by atoms with Gasteiger partial charge in [-0.2, -0.15) is 0 Å². The van der Waals surface area contributed by atoms with Gasteiger partial charge in [0.05, 0.1) is 23.6 Å². The second-order valence-electron chi connectivity index (χ2n) is 15.9. The summed E-state index contributed by atoms with van der Waals surface area (Å²) in [5, 5.41) is 24.6. The maximum atomic E-state index is 14.6. The van der Waals surface area contributed by atoms with Gasteiger partial charge < -0.3 is 14.6 Å². The van der Waals surface area contributed by atoms with Crippen LogP contribution >= 0.6 is 0 Å². The Balaban J connectivity index is 0.989. The van der Waals surface area contributed by atoms with E-state index in [1.165, 1.54) is 4.90 Å². The lowest BCUT2D eigenvalue weighted by molar-refractivity contribution is -0.151. The van der Waals surface area contributed by atoms with Crippen molar-refractivity contribution in [2.24, 2.45) is 0 Å². The Morgan fingerprint density at radius 3 is 1.66 bits per heavy atom. The number of carbonyl (C=O) groups is 2. The molecule has 2 aromatic heterocycles. The summed E-state index contributed by atoms with van der Waals surface area (Å²) in [7, 11) is 0. The van der Waals surface area contributed by atoms with Crippen molar-refractivity contribution in [3.63, 3.8) is 0 Å². The minimum absolute atomic E-state index is 0.247. The number of hydrogen-bond donors (Lipinski definition) is 1. The topological polar surface area (TPSA) is 119 Å². The minimum Gasteiger partial charge on any atom is -0.479 e. The summed E-state index contributed by atoms with van der Waals surface area (Å²) in [5.41, 5.74) is 8.64. The van der Waals surface area contributed by atoms with Gasteiger partial charge in [0.1, 0.15) is 5.54 Å². The maximum Gasteiger partial charge on any atom is 0.332 e. The van der Waals surface area contributed by atoms with Crippen molar-refractivity contribution >= 4 is 11.9 Å². The fourth-order valence-corrected chi connectivity index (χ4v) is 9.39. The van der Waals surface area contributed by atoms with E-state index in [4.69, 9.17) is 10.3 Å². The number of carboxylic acid groups (broad SMARTS) is 1. The molecule has 1 aliphatic heterocycles. The number of rotatable bonds is 12. The van der Waals surface area contributed by atoms with Gasteiger partial charge in [0.15, 0.2) is 11.9 Å². The summed E-state index contributed by atoms with van der Waals surface area (Å²) >= 11 is 0. The number of nitrogens with zero attached hydrogens (tertiary/aromatic N) is 7. The molecule has 1 unspecified atom stereocenters. The first-order valence-electron chi connectivity index (χ1n) is 21.3. The number of benzene rings is 7. The third kappa shape index (κ3) is 7.14. The molecular formula is C54H43N7O3. The molecule has 0 fully saturated rings. The van der Waals surface area contributed by atoms with Crippen LogP contribution in [0.1, 0.15) is 56.7 Å². The van der Waals surface area contributed by atoms with E-state index < -0.39 is 23.5 Å². The molecule has 0 saturated heterocycles. The lowest BCUT2D eigenvalue weighted by Crippen LogP contribution is -2.46. The number of carboxylic acids is 1. The number of aliphatic carboxylic acids is 1. The number of carbonyl (C=O) groups excluding carboxylic acids is 1. The van der Waals surface area contributed by atoms with Gasteiger partial charge in [-0.1, -0.05) is 200 Å². The summed E-state index contributed by atoms with van der Waals surface area (Å²) in [6.45, 7) is 0.611. The standard InChI is InChI=1S/C54H43N7O3/c62-52(48(40-18-6-1-7-19-40)41-20-8-2-9-21-41)60-35-34-47-49(50(60)53(63)64)59(37-55-47)36-38-30-32-39(33-31-38)45-28-16-17-29-46(45)51-56-57-58-61(51)54(42-22-10-3-11-23-42,43-24-12-4-13-25-43)44-26-14-5-15-27-44/h1-33,37,48,50H,34-36H2,(H,63,64). The first-order chi connectivity index (χ1) is 31.5. The van der Waals surface area contributed by atoms with Crippen LogP contribution in [0.5, 0.6) is 0 Å². The zero-order valence-corrected chi connectivity index (χ0v) is 34.8. The highest BCUT2D eigenvalue weighted by molar-refractivity contribution is 5.91. The molecule has 0 bridgehead atoms. The first-order valence-corrected chi connectivity index (χ1v) is 21.3. The van der Waals surface area contributed by atoms with Crippen LogP contribution in [-0.2, 0) is 28.1 Å². The monoisotopic (exact) mass is 837 g/mol. The zero-order chi connectivity index (χ0) is 43.5. The zero-order valence-electron chi connectivity index (χ0n) is 34.8. The SMILES string of the molecule is O=C(O)C1c2c(ncn2Cc2ccc(-c3ccccc3-c3nnnn3C(c3ccccc3)(c3ccccc3)c3ccccc3)cc2)CCN1C(=O)C(c1ccccc1)c1ccccc1. The molecule has 64 heavy (non-hydrogen) atoms. The molecule has 1 atom stereocenters. The second-order valence-corrected chi connectivity index (χ2v) is 15.9. The van der Waals surface area contributed by atoms with Gasteiger partial charge in [-0.3, -0.25) is 4.79 Å². The van der Waals surface area contributed by atoms with E-state index in [2.05, 4.69) is 64.8 Å². The van der Waals surface area contributed by atoms with Crippen molar-refractivity contribution in [1.29, 1.82) is 0 Å². The van der Waals surface area contributed by atoms with Crippen molar-refractivity contribution in [2.75, 3.05) is 6.54 Å².